The lowest BCUT2D eigenvalue weighted by Gasteiger charge is -2.36. The summed E-state index contributed by atoms with van der Waals surface area (Å²) in [5, 5.41) is 10.4. The van der Waals surface area contributed by atoms with E-state index in [1.807, 2.05) is 17.5 Å². The smallest absolute Gasteiger partial charge is 0.353 e. The molecule has 5 rings (SSSR count). The number of thioether (sulfide) groups is 1. The van der Waals surface area contributed by atoms with Crippen molar-refractivity contribution in [2.45, 2.75) is 31.6 Å². The fraction of sp³-hybridized carbons (Fsp3) is 0.333. The second-order valence-corrected chi connectivity index (χ2v) is 7.49. The van der Waals surface area contributed by atoms with Crippen LogP contribution in [0, 0.1) is 0 Å². The largest absolute Gasteiger partial charge is 0.478 e. The van der Waals surface area contributed by atoms with E-state index in [1.165, 1.54) is 22.1 Å². The van der Waals surface area contributed by atoms with Crippen LogP contribution >= 0.6 is 11.8 Å². The molecule has 2 aromatic rings. The third-order valence-electron chi connectivity index (χ3n) is 4.98. The molecule has 1 amide bonds. The molecule has 9 heteroatoms. The fourth-order valence-corrected chi connectivity index (χ4v) is 4.92. The van der Waals surface area contributed by atoms with Crippen molar-refractivity contribution >= 4 is 35.5 Å². The number of fused-ring (bicyclic) bond motifs is 4. The molecule has 138 valence electrons. The Hall–Kier alpha value is -2.81. The first-order chi connectivity index (χ1) is 13.1. The number of carbonyl (C=O) groups is 2. The Bertz CT molecular complexity index is 1070. The Kier molecular flexibility index (Phi) is 3.55. The number of hydrogen-bond donors (Lipinski definition) is 1. The monoisotopic (exact) mass is 384 g/mol. The van der Waals surface area contributed by atoms with Crippen molar-refractivity contribution in [2.75, 3.05) is 6.61 Å². The van der Waals surface area contributed by atoms with Gasteiger partial charge < -0.3 is 9.84 Å². The van der Waals surface area contributed by atoms with Crippen molar-refractivity contribution < 1.29 is 19.4 Å². The standard InChI is InChI=1S/C18H16N4O4S/c1-2-26-14-10-4-3-5-12(10)21-7-9(19-18(21)20-14)6-11-15(23)22-13(17(24)25)8-27-16(11)22/h6-8,16H,2-5H2,1H3,(H,24,25). The van der Waals surface area contributed by atoms with E-state index in [0.717, 1.165) is 30.5 Å². The molecule has 2 aliphatic heterocycles. The molecule has 1 aliphatic carbocycles. The first-order valence-electron chi connectivity index (χ1n) is 8.76. The van der Waals surface area contributed by atoms with E-state index in [2.05, 4.69) is 9.97 Å². The summed E-state index contributed by atoms with van der Waals surface area (Å²) in [5.74, 6) is -0.176. The highest BCUT2D eigenvalue weighted by Crippen LogP contribution is 2.45. The molecule has 27 heavy (non-hydrogen) atoms. The zero-order chi connectivity index (χ0) is 18.7. The second kappa shape index (κ2) is 5.85. The van der Waals surface area contributed by atoms with Gasteiger partial charge in [0.05, 0.1) is 17.9 Å². The van der Waals surface area contributed by atoms with Crippen LogP contribution in [0.3, 0.4) is 0 Å². The number of aromatic nitrogens is 3. The summed E-state index contributed by atoms with van der Waals surface area (Å²) in [6.45, 7) is 2.48. The molecule has 8 nitrogen and oxygen atoms in total. The highest BCUT2D eigenvalue weighted by atomic mass is 32.2. The zero-order valence-corrected chi connectivity index (χ0v) is 15.3. The Balaban J connectivity index is 1.52. The van der Waals surface area contributed by atoms with Gasteiger partial charge >= 0.3 is 5.97 Å². The van der Waals surface area contributed by atoms with Gasteiger partial charge in [0.1, 0.15) is 11.1 Å². The number of aryl methyl sites for hydroxylation is 1. The van der Waals surface area contributed by atoms with E-state index in [4.69, 9.17) is 9.84 Å². The average molecular weight is 384 g/mol. The predicted octanol–water partition coefficient (Wildman–Crippen LogP) is 1.84. The highest BCUT2D eigenvalue weighted by Gasteiger charge is 2.49. The lowest BCUT2D eigenvalue weighted by Crippen LogP contribution is -2.51. The number of rotatable bonds is 4. The van der Waals surface area contributed by atoms with Gasteiger partial charge in [-0.25, -0.2) is 9.78 Å². The number of carboxylic acids is 1. The Morgan fingerprint density at radius 3 is 3.07 bits per heavy atom. The highest BCUT2D eigenvalue weighted by molar-refractivity contribution is 8.03. The maximum atomic E-state index is 12.4. The van der Waals surface area contributed by atoms with Crippen molar-refractivity contribution in [2.24, 2.45) is 0 Å². The summed E-state index contributed by atoms with van der Waals surface area (Å²) < 4.78 is 7.65. The summed E-state index contributed by atoms with van der Waals surface area (Å²) in [6.07, 6.45) is 6.55. The van der Waals surface area contributed by atoms with Gasteiger partial charge in [-0.15, -0.1) is 11.8 Å². The van der Waals surface area contributed by atoms with Gasteiger partial charge in [-0.05, 0) is 32.3 Å². The number of amides is 1. The van der Waals surface area contributed by atoms with E-state index in [1.54, 1.807) is 6.08 Å². The van der Waals surface area contributed by atoms with Crippen LogP contribution in [0.2, 0.25) is 0 Å². The summed E-state index contributed by atoms with van der Waals surface area (Å²) in [6, 6.07) is 0. The van der Waals surface area contributed by atoms with E-state index in [9.17, 15) is 9.59 Å². The van der Waals surface area contributed by atoms with Crippen molar-refractivity contribution in [3.8, 4) is 5.88 Å². The van der Waals surface area contributed by atoms with Crippen molar-refractivity contribution in [3.63, 3.8) is 0 Å². The van der Waals surface area contributed by atoms with Crippen molar-refractivity contribution in [1.29, 1.82) is 0 Å². The summed E-state index contributed by atoms with van der Waals surface area (Å²) in [7, 11) is 0. The van der Waals surface area contributed by atoms with Crippen LogP contribution in [0.4, 0.5) is 0 Å². The second-order valence-electron chi connectivity index (χ2n) is 6.54. The van der Waals surface area contributed by atoms with Crippen LogP contribution in [0.25, 0.3) is 11.9 Å². The van der Waals surface area contributed by atoms with Gasteiger partial charge in [-0.3, -0.25) is 14.1 Å². The quantitative estimate of drug-likeness (QED) is 0.634. The number of hydrogen-bond acceptors (Lipinski definition) is 6. The summed E-state index contributed by atoms with van der Waals surface area (Å²) in [5.41, 5.74) is 3.51. The van der Waals surface area contributed by atoms with Gasteiger partial charge in [0.15, 0.2) is 0 Å². The van der Waals surface area contributed by atoms with Crippen LogP contribution in [0.15, 0.2) is 22.9 Å². The van der Waals surface area contributed by atoms with Gasteiger partial charge in [0, 0.05) is 22.9 Å². The molecule has 0 bridgehead atoms. The minimum Gasteiger partial charge on any atom is -0.478 e. The van der Waals surface area contributed by atoms with Crippen LogP contribution in [-0.4, -0.2) is 48.2 Å². The maximum absolute atomic E-state index is 12.4. The SMILES string of the molecule is CCOc1nc2nc(C=C3C(=O)N4C(C(=O)O)=CSC34)cn2c2c1CCC2. The van der Waals surface area contributed by atoms with E-state index < -0.39 is 5.97 Å². The third kappa shape index (κ3) is 2.31. The number of carbonyl (C=O) groups excluding carboxylic acids is 1. The molecule has 1 fully saturated rings. The van der Waals surface area contributed by atoms with E-state index >= 15 is 0 Å². The molecular formula is C18H16N4O4S. The lowest BCUT2D eigenvalue weighted by molar-refractivity contribution is -0.141. The van der Waals surface area contributed by atoms with Crippen LogP contribution in [0.1, 0.15) is 30.3 Å². The fourth-order valence-electron chi connectivity index (χ4n) is 3.80. The van der Waals surface area contributed by atoms with E-state index in [-0.39, 0.29) is 17.0 Å². The molecule has 1 atom stereocenters. The lowest BCUT2D eigenvalue weighted by atomic mass is 10.0. The minimum atomic E-state index is -1.09. The van der Waals surface area contributed by atoms with Gasteiger partial charge in [0.2, 0.25) is 11.7 Å². The molecule has 1 unspecified atom stereocenters. The van der Waals surface area contributed by atoms with E-state index in [0.29, 0.717) is 29.5 Å². The molecule has 2 aromatic heterocycles. The molecule has 0 aromatic carbocycles. The molecule has 0 radical (unpaired) electrons. The molecule has 1 N–H and O–H groups in total. The number of aliphatic carboxylic acids is 1. The normalized spacial score (nSPS) is 22.0. The van der Waals surface area contributed by atoms with Crippen molar-refractivity contribution in [1.82, 2.24) is 19.3 Å². The molecule has 3 aliphatic rings. The maximum Gasteiger partial charge on any atom is 0.353 e. The first-order valence-corrected chi connectivity index (χ1v) is 9.70. The Morgan fingerprint density at radius 1 is 1.44 bits per heavy atom. The number of ether oxygens (including phenoxy) is 1. The number of β-lactam (4-membered cyclic amide) rings is 1. The van der Waals surface area contributed by atoms with Gasteiger partial charge in [-0.1, -0.05) is 0 Å². The van der Waals surface area contributed by atoms with Gasteiger partial charge in [0.25, 0.3) is 5.91 Å². The minimum absolute atomic E-state index is 0.0305. The molecular weight excluding hydrogens is 368 g/mol. The number of carboxylic acid groups (broad SMARTS) is 1. The third-order valence-corrected chi connectivity index (χ3v) is 6.07. The average Bonchev–Trinajstić information content (AvgIpc) is 3.35. The Morgan fingerprint density at radius 2 is 2.30 bits per heavy atom. The topological polar surface area (TPSA) is 97.0 Å². The predicted molar refractivity (Wildman–Crippen MR) is 98.1 cm³/mol. The first kappa shape index (κ1) is 16.4. The zero-order valence-electron chi connectivity index (χ0n) is 14.5. The van der Waals surface area contributed by atoms with Crippen LogP contribution in [-0.2, 0) is 22.4 Å². The van der Waals surface area contributed by atoms with Gasteiger partial charge in [-0.2, -0.15) is 4.98 Å². The number of imidazole rings is 1. The molecule has 0 spiro atoms. The Labute approximate surface area is 158 Å². The molecule has 1 saturated heterocycles. The number of nitrogens with zero attached hydrogens (tertiary/aromatic N) is 4. The van der Waals surface area contributed by atoms with Crippen LogP contribution < -0.4 is 4.74 Å². The summed E-state index contributed by atoms with van der Waals surface area (Å²) in [4.78, 5) is 33.9. The summed E-state index contributed by atoms with van der Waals surface area (Å²) >= 11 is 1.32. The van der Waals surface area contributed by atoms with Crippen molar-refractivity contribution in [3.05, 3.63) is 39.8 Å². The van der Waals surface area contributed by atoms with Crippen LogP contribution in [0.5, 0.6) is 5.88 Å². The molecule has 4 heterocycles. The molecule has 0 saturated carbocycles.